The van der Waals surface area contributed by atoms with Crippen molar-refractivity contribution >= 4 is 28.1 Å². The Hall–Kier alpha value is -2.86. The molecule has 0 heterocycles. The van der Waals surface area contributed by atoms with Crippen LogP contribution in [0.15, 0.2) is 17.0 Å². The van der Waals surface area contributed by atoms with Gasteiger partial charge in [-0.15, -0.1) is 0 Å². The maximum Gasteiger partial charge on any atom is 0.407 e. The van der Waals surface area contributed by atoms with Gasteiger partial charge in [-0.25, -0.2) is 13.2 Å². The summed E-state index contributed by atoms with van der Waals surface area (Å²) in [4.78, 5) is 34.6. The first-order valence-corrected chi connectivity index (χ1v) is 11.7. The van der Waals surface area contributed by atoms with Crippen LogP contribution in [0, 0.1) is 13.8 Å². The number of aliphatic carboxylic acids is 1. The van der Waals surface area contributed by atoms with Crippen molar-refractivity contribution < 1.29 is 42.1 Å². The number of rotatable bonds is 11. The number of benzene rings is 1. The van der Waals surface area contributed by atoms with Crippen LogP contribution in [-0.2, 0) is 29.1 Å². The highest BCUT2D eigenvalue weighted by molar-refractivity contribution is 7.89. The maximum absolute atomic E-state index is 13.1. The number of carbonyl (C=O) groups is 3. The molecule has 0 saturated carbocycles. The van der Waals surface area contributed by atoms with E-state index >= 15 is 0 Å². The summed E-state index contributed by atoms with van der Waals surface area (Å²) in [7, 11) is -3.09. The van der Waals surface area contributed by atoms with Gasteiger partial charge in [0.2, 0.25) is 10.0 Å². The number of ether oxygens (including phenoxy) is 3. The molecule has 12 heteroatoms. The van der Waals surface area contributed by atoms with Crippen molar-refractivity contribution in [1.82, 2.24) is 10.0 Å². The van der Waals surface area contributed by atoms with Crippen LogP contribution in [0.4, 0.5) is 4.79 Å². The van der Waals surface area contributed by atoms with E-state index in [1.54, 1.807) is 34.6 Å². The number of nitrogens with one attached hydrogen (secondary N) is 2. The van der Waals surface area contributed by atoms with Crippen molar-refractivity contribution in [2.24, 2.45) is 0 Å². The van der Waals surface area contributed by atoms with Crippen molar-refractivity contribution in [2.75, 3.05) is 20.3 Å². The molecule has 0 spiro atoms. The molecule has 0 radical (unpaired) electrons. The van der Waals surface area contributed by atoms with Gasteiger partial charge in [0, 0.05) is 13.0 Å². The van der Waals surface area contributed by atoms with E-state index in [0.29, 0.717) is 23.3 Å². The van der Waals surface area contributed by atoms with Gasteiger partial charge in [0.15, 0.2) is 0 Å². The van der Waals surface area contributed by atoms with Gasteiger partial charge < -0.3 is 24.6 Å². The van der Waals surface area contributed by atoms with E-state index in [0.717, 1.165) is 7.11 Å². The maximum atomic E-state index is 13.1. The van der Waals surface area contributed by atoms with Gasteiger partial charge in [-0.3, -0.25) is 9.59 Å². The smallest absolute Gasteiger partial charge is 0.407 e. The molecule has 1 atom stereocenters. The van der Waals surface area contributed by atoms with Gasteiger partial charge in [-0.2, -0.15) is 4.72 Å². The number of esters is 1. The Morgan fingerprint density at radius 2 is 1.70 bits per heavy atom. The van der Waals surface area contributed by atoms with Crippen LogP contribution < -0.4 is 14.8 Å². The molecule has 11 nitrogen and oxygen atoms in total. The van der Waals surface area contributed by atoms with Crippen LogP contribution in [0.2, 0.25) is 0 Å². The molecule has 1 unspecified atom stereocenters. The normalized spacial score (nSPS) is 12.5. The average molecular weight is 489 g/mol. The number of hydrogen-bond acceptors (Lipinski definition) is 8. The van der Waals surface area contributed by atoms with Crippen LogP contribution in [0.1, 0.15) is 44.7 Å². The van der Waals surface area contributed by atoms with Gasteiger partial charge >= 0.3 is 18.0 Å². The Labute approximate surface area is 193 Å². The second-order valence-corrected chi connectivity index (χ2v) is 9.96. The predicted molar refractivity (Wildman–Crippen MR) is 119 cm³/mol. The highest BCUT2D eigenvalue weighted by Gasteiger charge is 2.30. The molecule has 1 amide bonds. The van der Waals surface area contributed by atoms with E-state index in [2.05, 4.69) is 14.8 Å². The molecule has 0 aliphatic carbocycles. The summed E-state index contributed by atoms with van der Waals surface area (Å²) in [5, 5.41) is 11.0. The monoisotopic (exact) mass is 488 g/mol. The zero-order valence-electron chi connectivity index (χ0n) is 19.7. The number of amides is 1. The second-order valence-electron chi connectivity index (χ2n) is 8.31. The Bertz CT molecular complexity index is 945. The van der Waals surface area contributed by atoms with Crippen molar-refractivity contribution in [3.63, 3.8) is 0 Å². The lowest BCUT2D eigenvalue weighted by Gasteiger charge is -2.22. The number of alkyl carbamates (subject to hydrolysis) is 1. The second kappa shape index (κ2) is 11.8. The lowest BCUT2D eigenvalue weighted by atomic mass is 10.1. The Balaban J connectivity index is 2.99. The van der Waals surface area contributed by atoms with Crippen molar-refractivity contribution in [2.45, 2.75) is 64.0 Å². The van der Waals surface area contributed by atoms with E-state index in [4.69, 9.17) is 14.6 Å². The molecule has 33 heavy (non-hydrogen) atoms. The Morgan fingerprint density at radius 1 is 1.12 bits per heavy atom. The Kier molecular flexibility index (Phi) is 10.1. The zero-order chi connectivity index (χ0) is 25.4. The zero-order valence-corrected chi connectivity index (χ0v) is 20.5. The van der Waals surface area contributed by atoms with Crippen LogP contribution in [0.5, 0.6) is 5.75 Å². The van der Waals surface area contributed by atoms with Gasteiger partial charge in [-0.1, -0.05) is 0 Å². The van der Waals surface area contributed by atoms with Gasteiger partial charge in [0.05, 0.1) is 18.6 Å². The fourth-order valence-corrected chi connectivity index (χ4v) is 4.53. The predicted octanol–water partition coefficient (Wildman–Crippen LogP) is 1.89. The van der Waals surface area contributed by atoms with E-state index in [-0.39, 0.29) is 24.5 Å². The molecular weight excluding hydrogens is 456 g/mol. The summed E-state index contributed by atoms with van der Waals surface area (Å²) in [6.07, 6.45) is -0.548. The average Bonchev–Trinajstić information content (AvgIpc) is 2.65. The van der Waals surface area contributed by atoms with Crippen LogP contribution in [-0.4, -0.2) is 63.5 Å². The SMILES string of the molecule is COC(=O)C(CNC(=O)OC(C)(C)C)NS(=O)(=O)c1c(C)cc(OCCCC(=O)O)cc1C. The minimum Gasteiger partial charge on any atom is -0.494 e. The molecule has 0 bridgehead atoms. The molecule has 1 aromatic rings. The highest BCUT2D eigenvalue weighted by atomic mass is 32.2. The number of aryl methyl sites for hydroxylation is 2. The fraction of sp³-hybridized carbons (Fsp3) is 0.571. The molecule has 186 valence electrons. The van der Waals surface area contributed by atoms with Gasteiger partial charge in [-0.05, 0) is 64.3 Å². The summed E-state index contributed by atoms with van der Waals surface area (Å²) in [5.74, 6) is -1.42. The first-order chi connectivity index (χ1) is 15.2. The third-order valence-corrected chi connectivity index (χ3v) is 5.92. The summed E-state index contributed by atoms with van der Waals surface area (Å²) >= 11 is 0. The molecular formula is C21H32N2O9S. The number of carbonyl (C=O) groups excluding carboxylic acids is 2. The number of hydrogen-bond donors (Lipinski definition) is 3. The first-order valence-electron chi connectivity index (χ1n) is 10.2. The number of methoxy groups -OCH3 is 1. The van der Waals surface area contributed by atoms with Crippen LogP contribution in [0.3, 0.4) is 0 Å². The third kappa shape index (κ3) is 9.66. The summed E-state index contributed by atoms with van der Waals surface area (Å²) in [6, 6.07) is 1.63. The standard InChI is InChI=1S/C21H32N2O9S/c1-13-10-15(31-9-7-8-17(24)25)11-14(2)18(13)33(28,29)23-16(19(26)30-6)12-22-20(27)32-21(3,4)5/h10-11,16,23H,7-9,12H2,1-6H3,(H,22,27)(H,24,25). The van der Waals surface area contributed by atoms with Gasteiger partial charge in [0.25, 0.3) is 0 Å². The minimum absolute atomic E-state index is 0.0411. The molecule has 0 aliphatic heterocycles. The van der Waals surface area contributed by atoms with Crippen LogP contribution in [0.25, 0.3) is 0 Å². The minimum atomic E-state index is -4.19. The van der Waals surface area contributed by atoms with E-state index in [1.165, 1.54) is 12.1 Å². The molecule has 0 aliphatic rings. The number of sulfonamides is 1. The van der Waals surface area contributed by atoms with E-state index < -0.39 is 39.7 Å². The molecule has 1 rings (SSSR count). The van der Waals surface area contributed by atoms with E-state index in [9.17, 15) is 22.8 Å². The number of carboxylic acids is 1. The molecule has 0 saturated heterocycles. The topological polar surface area (TPSA) is 157 Å². The van der Waals surface area contributed by atoms with Crippen LogP contribution >= 0.6 is 0 Å². The number of carboxylic acid groups (broad SMARTS) is 1. The molecule has 0 fully saturated rings. The largest absolute Gasteiger partial charge is 0.494 e. The summed E-state index contributed by atoms with van der Waals surface area (Å²) in [6.45, 7) is 7.91. The third-order valence-electron chi connectivity index (χ3n) is 4.14. The molecule has 1 aromatic carbocycles. The summed E-state index contributed by atoms with van der Waals surface area (Å²) in [5.41, 5.74) is -0.0466. The van der Waals surface area contributed by atoms with Crippen molar-refractivity contribution in [1.29, 1.82) is 0 Å². The van der Waals surface area contributed by atoms with Crippen molar-refractivity contribution in [3.05, 3.63) is 23.3 Å². The molecule has 3 N–H and O–H groups in total. The lowest BCUT2D eigenvalue weighted by Crippen LogP contribution is -2.49. The van der Waals surface area contributed by atoms with Crippen molar-refractivity contribution in [3.8, 4) is 5.75 Å². The summed E-state index contributed by atoms with van der Waals surface area (Å²) < 4.78 is 43.6. The first kappa shape index (κ1) is 28.2. The van der Waals surface area contributed by atoms with E-state index in [1.807, 2.05) is 0 Å². The Morgan fingerprint density at radius 3 is 2.18 bits per heavy atom. The highest BCUT2D eigenvalue weighted by Crippen LogP contribution is 2.26. The molecule has 0 aromatic heterocycles. The fourth-order valence-electron chi connectivity index (χ4n) is 2.89. The lowest BCUT2D eigenvalue weighted by molar-refractivity contribution is -0.142. The van der Waals surface area contributed by atoms with Gasteiger partial charge in [0.1, 0.15) is 17.4 Å². The quantitative estimate of drug-likeness (QED) is 0.312.